The van der Waals surface area contributed by atoms with Gasteiger partial charge < -0.3 is 10.1 Å². The predicted molar refractivity (Wildman–Crippen MR) is 87.2 cm³/mol. The molecule has 20 heavy (non-hydrogen) atoms. The summed E-state index contributed by atoms with van der Waals surface area (Å²) < 4.78 is 19.7. The zero-order chi connectivity index (χ0) is 14.1. The summed E-state index contributed by atoms with van der Waals surface area (Å²) in [5.74, 6) is 0.675. The van der Waals surface area contributed by atoms with Gasteiger partial charge in [-0.2, -0.15) is 0 Å². The summed E-state index contributed by atoms with van der Waals surface area (Å²) in [6.45, 7) is 0.675. The fourth-order valence-corrected chi connectivity index (χ4v) is 3.12. The minimum atomic E-state index is -0.223. The van der Waals surface area contributed by atoms with E-state index in [9.17, 15) is 4.39 Å². The molecule has 0 amide bonds. The molecule has 1 heterocycles. The summed E-state index contributed by atoms with van der Waals surface area (Å²) in [6.07, 6.45) is 0.907. The molecule has 1 aliphatic rings. The number of benzene rings is 2. The molecule has 0 aromatic heterocycles. The van der Waals surface area contributed by atoms with Gasteiger partial charge in [0.15, 0.2) is 0 Å². The standard InChI is InChI=1S/C15H12ClFINO/c16-10-1-4-15-9(5-10)6-12(20-15)8-19-14-3-2-11(17)7-13(14)18/h1-5,7,12,19H,6,8H2. The molecule has 0 saturated carbocycles. The number of nitrogens with one attached hydrogen (secondary N) is 1. The van der Waals surface area contributed by atoms with Crippen molar-refractivity contribution in [3.05, 3.63) is 56.4 Å². The third-order valence-corrected chi connectivity index (χ3v) is 4.34. The predicted octanol–water partition coefficient (Wildman–Crippen LogP) is 4.50. The number of ether oxygens (including phenoxy) is 1. The Balaban J connectivity index is 1.63. The van der Waals surface area contributed by atoms with Gasteiger partial charge in [0.25, 0.3) is 0 Å². The third-order valence-electron chi connectivity index (χ3n) is 3.22. The average molecular weight is 404 g/mol. The number of fused-ring (bicyclic) bond motifs is 1. The van der Waals surface area contributed by atoms with Crippen LogP contribution in [0.2, 0.25) is 5.02 Å². The second-order valence-corrected chi connectivity index (χ2v) is 6.30. The summed E-state index contributed by atoms with van der Waals surface area (Å²) in [6, 6.07) is 10.4. The van der Waals surface area contributed by atoms with Crippen molar-refractivity contribution >= 4 is 39.9 Å². The van der Waals surface area contributed by atoms with Crippen LogP contribution in [-0.2, 0) is 6.42 Å². The van der Waals surface area contributed by atoms with Crippen molar-refractivity contribution in [2.24, 2.45) is 0 Å². The summed E-state index contributed by atoms with van der Waals surface area (Å²) in [4.78, 5) is 0. The lowest BCUT2D eigenvalue weighted by molar-refractivity contribution is 0.246. The molecule has 0 fully saturated rings. The monoisotopic (exact) mass is 403 g/mol. The average Bonchev–Trinajstić information content (AvgIpc) is 2.79. The van der Waals surface area contributed by atoms with E-state index in [4.69, 9.17) is 16.3 Å². The Morgan fingerprint density at radius 3 is 2.95 bits per heavy atom. The first kappa shape index (κ1) is 13.9. The smallest absolute Gasteiger partial charge is 0.124 e. The minimum Gasteiger partial charge on any atom is -0.488 e. The van der Waals surface area contributed by atoms with Crippen LogP contribution in [0.5, 0.6) is 5.75 Å². The molecular formula is C15H12ClFINO. The highest BCUT2D eigenvalue weighted by molar-refractivity contribution is 14.1. The first-order valence-electron chi connectivity index (χ1n) is 6.26. The lowest BCUT2D eigenvalue weighted by atomic mass is 10.1. The van der Waals surface area contributed by atoms with Crippen molar-refractivity contribution in [3.8, 4) is 5.75 Å². The molecule has 2 nitrogen and oxygen atoms in total. The number of hydrogen-bond acceptors (Lipinski definition) is 2. The SMILES string of the molecule is Fc1ccc(NCC2Cc3cc(Cl)ccc3O2)c(I)c1. The normalized spacial score (nSPS) is 16.6. The molecular weight excluding hydrogens is 392 g/mol. The third kappa shape index (κ3) is 3.01. The zero-order valence-corrected chi connectivity index (χ0v) is 13.4. The van der Waals surface area contributed by atoms with E-state index in [1.807, 2.05) is 18.2 Å². The van der Waals surface area contributed by atoms with Crippen molar-refractivity contribution in [1.29, 1.82) is 0 Å². The zero-order valence-electron chi connectivity index (χ0n) is 10.5. The highest BCUT2D eigenvalue weighted by Crippen LogP contribution is 2.31. The van der Waals surface area contributed by atoms with Crippen molar-refractivity contribution in [2.45, 2.75) is 12.5 Å². The first-order valence-corrected chi connectivity index (χ1v) is 7.71. The fraction of sp³-hybridized carbons (Fsp3) is 0.200. The fourth-order valence-electron chi connectivity index (χ4n) is 2.26. The summed E-state index contributed by atoms with van der Waals surface area (Å²) in [5.41, 5.74) is 2.06. The maximum atomic E-state index is 13.0. The molecule has 5 heteroatoms. The largest absolute Gasteiger partial charge is 0.488 e. The first-order chi connectivity index (χ1) is 9.61. The Morgan fingerprint density at radius 2 is 2.15 bits per heavy atom. The van der Waals surface area contributed by atoms with Gasteiger partial charge in [-0.15, -0.1) is 0 Å². The number of hydrogen-bond donors (Lipinski definition) is 1. The molecule has 1 atom stereocenters. The van der Waals surface area contributed by atoms with E-state index in [-0.39, 0.29) is 11.9 Å². The molecule has 3 rings (SSSR count). The van der Waals surface area contributed by atoms with Crippen molar-refractivity contribution in [1.82, 2.24) is 0 Å². The van der Waals surface area contributed by atoms with Crippen molar-refractivity contribution in [2.75, 3.05) is 11.9 Å². The van der Waals surface area contributed by atoms with E-state index < -0.39 is 0 Å². The van der Waals surface area contributed by atoms with Crippen LogP contribution < -0.4 is 10.1 Å². The van der Waals surface area contributed by atoms with Gasteiger partial charge in [0.2, 0.25) is 0 Å². The summed E-state index contributed by atoms with van der Waals surface area (Å²) in [5, 5.41) is 4.03. The van der Waals surface area contributed by atoms with E-state index in [0.717, 1.165) is 32.0 Å². The Morgan fingerprint density at radius 1 is 1.30 bits per heavy atom. The molecule has 0 spiro atoms. The highest BCUT2D eigenvalue weighted by atomic mass is 127. The van der Waals surface area contributed by atoms with E-state index in [1.165, 1.54) is 12.1 Å². The molecule has 2 aromatic rings. The van der Waals surface area contributed by atoms with E-state index in [2.05, 4.69) is 27.9 Å². The van der Waals surface area contributed by atoms with Crippen molar-refractivity contribution < 1.29 is 9.13 Å². The van der Waals surface area contributed by atoms with Crippen LogP contribution in [0, 0.1) is 9.39 Å². The van der Waals surface area contributed by atoms with E-state index >= 15 is 0 Å². The van der Waals surface area contributed by atoms with Gasteiger partial charge in [-0.25, -0.2) is 4.39 Å². The Kier molecular flexibility index (Phi) is 4.03. The quantitative estimate of drug-likeness (QED) is 0.762. The van der Waals surface area contributed by atoms with Crippen molar-refractivity contribution in [3.63, 3.8) is 0 Å². The number of rotatable bonds is 3. The molecule has 0 aliphatic carbocycles. The second kappa shape index (κ2) is 5.77. The molecule has 0 bridgehead atoms. The van der Waals surface area contributed by atoms with Crippen LogP contribution in [0.15, 0.2) is 36.4 Å². The second-order valence-electron chi connectivity index (χ2n) is 4.70. The van der Waals surface area contributed by atoms with Gasteiger partial charge in [0, 0.05) is 20.7 Å². The van der Waals surface area contributed by atoms with E-state index in [1.54, 1.807) is 6.07 Å². The number of halogens is 3. The van der Waals surface area contributed by atoms with Gasteiger partial charge >= 0.3 is 0 Å². The molecule has 0 radical (unpaired) electrons. The molecule has 1 aliphatic heterocycles. The van der Waals surface area contributed by atoms with E-state index in [0.29, 0.717) is 6.54 Å². The lowest BCUT2D eigenvalue weighted by Gasteiger charge is -2.14. The molecule has 1 unspecified atom stereocenters. The van der Waals surface area contributed by atoms with Gasteiger partial charge in [0.1, 0.15) is 17.7 Å². The molecule has 104 valence electrons. The summed E-state index contributed by atoms with van der Waals surface area (Å²) >= 11 is 8.09. The van der Waals surface area contributed by atoms with Gasteiger partial charge in [-0.1, -0.05) is 11.6 Å². The molecule has 1 N–H and O–H groups in total. The maximum Gasteiger partial charge on any atom is 0.124 e. The molecule has 0 saturated heterocycles. The maximum absolute atomic E-state index is 13.0. The summed E-state index contributed by atoms with van der Waals surface area (Å²) in [7, 11) is 0. The highest BCUT2D eigenvalue weighted by Gasteiger charge is 2.22. The van der Waals surface area contributed by atoms with Gasteiger partial charge in [-0.05, 0) is 64.6 Å². The van der Waals surface area contributed by atoms with Crippen LogP contribution in [-0.4, -0.2) is 12.6 Å². The van der Waals surface area contributed by atoms with Crippen LogP contribution in [0.25, 0.3) is 0 Å². The van der Waals surface area contributed by atoms with Gasteiger partial charge in [0.05, 0.1) is 6.54 Å². The van der Waals surface area contributed by atoms with Gasteiger partial charge in [-0.3, -0.25) is 0 Å². The lowest BCUT2D eigenvalue weighted by Crippen LogP contribution is -2.24. The van der Waals surface area contributed by atoms with Crippen LogP contribution in [0.3, 0.4) is 0 Å². The van der Waals surface area contributed by atoms with Crippen LogP contribution in [0.1, 0.15) is 5.56 Å². The Bertz CT molecular complexity index is 650. The van der Waals surface area contributed by atoms with Crippen LogP contribution in [0.4, 0.5) is 10.1 Å². The Hall–Kier alpha value is -1.01. The Labute approximate surface area is 135 Å². The van der Waals surface area contributed by atoms with Crippen LogP contribution >= 0.6 is 34.2 Å². The molecule has 2 aromatic carbocycles. The topological polar surface area (TPSA) is 21.3 Å². The number of anilines is 1. The minimum absolute atomic E-state index is 0.0734.